The first-order valence-electron chi connectivity index (χ1n) is 4.88. The van der Waals surface area contributed by atoms with Gasteiger partial charge in [0.05, 0.1) is 6.54 Å². The molecule has 1 aromatic rings. The summed E-state index contributed by atoms with van der Waals surface area (Å²) in [4.78, 5) is 10.7. The van der Waals surface area contributed by atoms with Gasteiger partial charge in [-0.1, -0.05) is 12.1 Å². The molecule has 4 nitrogen and oxygen atoms in total. The molecule has 80 valence electrons. The fourth-order valence-corrected chi connectivity index (χ4v) is 1.42. The van der Waals surface area contributed by atoms with Crippen molar-refractivity contribution in [3.05, 3.63) is 29.8 Å². The third-order valence-electron chi connectivity index (χ3n) is 2.17. The number of benzene rings is 1. The van der Waals surface area contributed by atoms with Crippen molar-refractivity contribution in [2.45, 2.75) is 13.0 Å². The van der Waals surface area contributed by atoms with Gasteiger partial charge in [0.1, 0.15) is 12.4 Å². The lowest BCUT2D eigenvalue weighted by Crippen LogP contribution is -2.21. The summed E-state index contributed by atoms with van der Waals surface area (Å²) in [6, 6.07) is 7.77. The topological polar surface area (TPSA) is 47.6 Å². The molecule has 0 aromatic heterocycles. The Morgan fingerprint density at radius 1 is 1.60 bits per heavy atom. The van der Waals surface area contributed by atoms with Gasteiger partial charge in [0.2, 0.25) is 0 Å². The molecule has 1 fully saturated rings. The fourth-order valence-electron chi connectivity index (χ4n) is 1.42. The van der Waals surface area contributed by atoms with Gasteiger partial charge in [-0.05, 0) is 24.6 Å². The number of cyclic esters (lactones) is 1. The van der Waals surface area contributed by atoms with Gasteiger partial charge in [0.25, 0.3) is 0 Å². The Morgan fingerprint density at radius 3 is 3.13 bits per heavy atom. The molecule has 1 aliphatic rings. The summed E-state index contributed by atoms with van der Waals surface area (Å²) in [5.41, 5.74) is 1.15. The maximum absolute atomic E-state index is 10.7. The number of carbonyl (C=O) groups excluding carboxylic acids is 1. The first kappa shape index (κ1) is 9.83. The molecule has 15 heavy (non-hydrogen) atoms. The molecular formula is C11H13NO3. The van der Waals surface area contributed by atoms with E-state index in [1.54, 1.807) is 0 Å². The van der Waals surface area contributed by atoms with E-state index in [1.165, 1.54) is 0 Å². The maximum atomic E-state index is 10.7. The summed E-state index contributed by atoms with van der Waals surface area (Å²) in [5.74, 6) is 0.804. The Kier molecular flexibility index (Phi) is 2.76. The molecule has 0 radical (unpaired) electrons. The molecule has 0 unspecified atom stereocenters. The Labute approximate surface area is 88.2 Å². The van der Waals surface area contributed by atoms with E-state index in [1.807, 2.05) is 31.2 Å². The van der Waals surface area contributed by atoms with E-state index in [2.05, 4.69) is 5.32 Å². The van der Waals surface area contributed by atoms with Crippen LogP contribution in [-0.2, 0) is 4.74 Å². The highest BCUT2D eigenvalue weighted by atomic mass is 16.6. The van der Waals surface area contributed by atoms with Crippen LogP contribution >= 0.6 is 0 Å². The highest BCUT2D eigenvalue weighted by Crippen LogP contribution is 2.13. The number of aryl methyl sites for hydroxylation is 1. The van der Waals surface area contributed by atoms with Crippen LogP contribution in [0.4, 0.5) is 4.79 Å². The molecule has 0 saturated carbocycles. The average molecular weight is 207 g/mol. The lowest BCUT2D eigenvalue weighted by molar-refractivity contribution is 0.105. The number of ether oxygens (including phenoxy) is 2. The summed E-state index contributed by atoms with van der Waals surface area (Å²) in [6.45, 7) is 2.91. The van der Waals surface area contributed by atoms with E-state index in [-0.39, 0.29) is 12.2 Å². The second kappa shape index (κ2) is 4.21. The van der Waals surface area contributed by atoms with E-state index in [0.29, 0.717) is 13.2 Å². The maximum Gasteiger partial charge on any atom is 0.407 e. The molecule has 1 aromatic carbocycles. The predicted octanol–water partition coefficient (Wildman–Crippen LogP) is 1.48. The van der Waals surface area contributed by atoms with Crippen molar-refractivity contribution in [2.24, 2.45) is 0 Å². The molecule has 4 heteroatoms. The smallest absolute Gasteiger partial charge is 0.407 e. The van der Waals surface area contributed by atoms with Crippen molar-refractivity contribution in [2.75, 3.05) is 13.2 Å². The summed E-state index contributed by atoms with van der Waals surface area (Å²) < 4.78 is 10.4. The predicted molar refractivity (Wildman–Crippen MR) is 54.9 cm³/mol. The average Bonchev–Trinajstić information content (AvgIpc) is 2.62. The van der Waals surface area contributed by atoms with Crippen molar-refractivity contribution >= 4 is 6.09 Å². The zero-order valence-corrected chi connectivity index (χ0v) is 8.53. The quantitative estimate of drug-likeness (QED) is 0.816. The van der Waals surface area contributed by atoms with Gasteiger partial charge < -0.3 is 14.8 Å². The molecule has 1 aliphatic heterocycles. The van der Waals surface area contributed by atoms with E-state index >= 15 is 0 Å². The molecule has 1 amide bonds. The third-order valence-corrected chi connectivity index (χ3v) is 2.17. The largest absolute Gasteiger partial charge is 0.490 e. The zero-order valence-electron chi connectivity index (χ0n) is 8.53. The molecule has 2 rings (SSSR count). The van der Waals surface area contributed by atoms with Crippen LogP contribution in [0.1, 0.15) is 5.56 Å². The van der Waals surface area contributed by atoms with Crippen LogP contribution in [0.3, 0.4) is 0 Å². The number of hydrogen-bond acceptors (Lipinski definition) is 3. The Morgan fingerprint density at radius 2 is 2.47 bits per heavy atom. The molecule has 1 N–H and O–H groups in total. The van der Waals surface area contributed by atoms with Gasteiger partial charge >= 0.3 is 6.09 Å². The number of hydrogen-bond donors (Lipinski definition) is 1. The molecule has 1 saturated heterocycles. The van der Waals surface area contributed by atoms with Gasteiger partial charge in [-0.3, -0.25) is 0 Å². The van der Waals surface area contributed by atoms with Gasteiger partial charge in [-0.15, -0.1) is 0 Å². The number of carbonyl (C=O) groups is 1. The number of alkyl carbamates (subject to hydrolysis) is 1. The lowest BCUT2D eigenvalue weighted by Gasteiger charge is -2.10. The van der Waals surface area contributed by atoms with Crippen molar-refractivity contribution in [3.8, 4) is 5.75 Å². The molecule has 0 bridgehead atoms. The molecule has 0 aliphatic carbocycles. The van der Waals surface area contributed by atoms with Gasteiger partial charge in [-0.25, -0.2) is 4.79 Å². The van der Waals surface area contributed by atoms with E-state index < -0.39 is 0 Å². The Bertz CT molecular complexity index is 365. The minimum absolute atomic E-state index is 0.182. The van der Waals surface area contributed by atoms with Crippen LogP contribution in [0.2, 0.25) is 0 Å². The van der Waals surface area contributed by atoms with E-state index in [4.69, 9.17) is 9.47 Å². The second-order valence-electron chi connectivity index (χ2n) is 3.54. The number of rotatable bonds is 3. The standard InChI is InChI=1S/C11H13NO3/c1-8-3-2-4-9(5-8)14-7-10-6-12-11(13)15-10/h2-5,10H,6-7H2,1H3,(H,12,13)/t10-/m0/s1. The van der Waals surface area contributed by atoms with Crippen LogP contribution < -0.4 is 10.1 Å². The van der Waals surface area contributed by atoms with Gasteiger partial charge in [-0.2, -0.15) is 0 Å². The lowest BCUT2D eigenvalue weighted by atomic mass is 10.2. The second-order valence-corrected chi connectivity index (χ2v) is 3.54. The summed E-state index contributed by atoms with van der Waals surface area (Å²) in [6.07, 6.45) is -0.550. The van der Waals surface area contributed by atoms with Crippen molar-refractivity contribution in [1.82, 2.24) is 5.32 Å². The number of amides is 1. The summed E-state index contributed by atoms with van der Waals surface area (Å²) in [7, 11) is 0. The van der Waals surface area contributed by atoms with Crippen LogP contribution in [0.5, 0.6) is 5.75 Å². The van der Waals surface area contributed by atoms with Crippen LogP contribution in [0.25, 0.3) is 0 Å². The van der Waals surface area contributed by atoms with Crippen molar-refractivity contribution in [3.63, 3.8) is 0 Å². The third kappa shape index (κ3) is 2.62. The molecular weight excluding hydrogens is 194 g/mol. The van der Waals surface area contributed by atoms with Crippen LogP contribution in [0, 0.1) is 6.92 Å². The highest BCUT2D eigenvalue weighted by Gasteiger charge is 2.22. The van der Waals surface area contributed by atoms with Crippen LogP contribution in [-0.4, -0.2) is 25.3 Å². The van der Waals surface area contributed by atoms with Gasteiger partial charge in [0.15, 0.2) is 6.10 Å². The van der Waals surface area contributed by atoms with Crippen molar-refractivity contribution < 1.29 is 14.3 Å². The molecule has 1 atom stereocenters. The monoisotopic (exact) mass is 207 g/mol. The van der Waals surface area contributed by atoms with Crippen molar-refractivity contribution in [1.29, 1.82) is 0 Å². The molecule has 0 spiro atoms. The van der Waals surface area contributed by atoms with E-state index in [0.717, 1.165) is 11.3 Å². The Hall–Kier alpha value is -1.71. The van der Waals surface area contributed by atoms with E-state index in [9.17, 15) is 4.79 Å². The SMILES string of the molecule is Cc1cccc(OC[C@@H]2CNC(=O)O2)c1. The first-order valence-corrected chi connectivity index (χ1v) is 4.88. The summed E-state index contributed by atoms with van der Waals surface area (Å²) in [5, 5.41) is 2.58. The molecule has 1 heterocycles. The van der Waals surface area contributed by atoms with Crippen LogP contribution in [0.15, 0.2) is 24.3 Å². The minimum Gasteiger partial charge on any atom is -0.490 e. The zero-order chi connectivity index (χ0) is 10.7. The first-order chi connectivity index (χ1) is 7.24. The Balaban J connectivity index is 1.85. The van der Waals surface area contributed by atoms with Gasteiger partial charge in [0, 0.05) is 0 Å². The number of nitrogens with one attached hydrogen (secondary N) is 1. The minimum atomic E-state index is -0.368. The summed E-state index contributed by atoms with van der Waals surface area (Å²) >= 11 is 0. The highest BCUT2D eigenvalue weighted by molar-refractivity contribution is 5.69. The fraction of sp³-hybridized carbons (Fsp3) is 0.364. The normalized spacial score (nSPS) is 19.5.